The third-order valence-electron chi connectivity index (χ3n) is 5.59. The van der Waals surface area contributed by atoms with Gasteiger partial charge in [0.15, 0.2) is 5.96 Å². The summed E-state index contributed by atoms with van der Waals surface area (Å²) in [6, 6.07) is 9.05. The van der Waals surface area contributed by atoms with Crippen LogP contribution in [0.5, 0.6) is 0 Å². The van der Waals surface area contributed by atoms with Crippen molar-refractivity contribution < 1.29 is 0 Å². The molecule has 1 fully saturated rings. The molecule has 0 radical (unpaired) electrons. The van der Waals surface area contributed by atoms with E-state index in [1.165, 1.54) is 37.3 Å². The number of piperazine rings is 1. The lowest BCUT2D eigenvalue weighted by Gasteiger charge is -2.34. The van der Waals surface area contributed by atoms with Crippen LogP contribution in [0.2, 0.25) is 0 Å². The Hall–Kier alpha value is -1.59. The number of guanidine groups is 1. The van der Waals surface area contributed by atoms with Crippen molar-refractivity contribution in [3.8, 4) is 0 Å². The molecule has 0 aliphatic carbocycles. The van der Waals surface area contributed by atoms with E-state index in [2.05, 4.69) is 77.5 Å². The number of nitrogens with zero attached hydrogens (tertiary/aromatic N) is 3. The maximum atomic E-state index is 4.37. The Labute approximate surface area is 172 Å². The molecule has 0 aromatic heterocycles. The van der Waals surface area contributed by atoms with Crippen LogP contribution in [0.1, 0.15) is 44.2 Å². The summed E-state index contributed by atoms with van der Waals surface area (Å²) >= 11 is 0. The monoisotopic (exact) mass is 387 g/mol. The fourth-order valence-electron chi connectivity index (χ4n) is 3.60. The van der Waals surface area contributed by atoms with Crippen LogP contribution in [-0.4, -0.2) is 75.7 Å². The SMILES string of the molecule is CN=C(NCCCc1ccc(C(C)C)cc1)NCC(C)CN1CCN(C)CC1. The summed E-state index contributed by atoms with van der Waals surface area (Å²) in [7, 11) is 4.06. The lowest BCUT2D eigenvalue weighted by atomic mass is 10.0. The Balaban J connectivity index is 1.60. The van der Waals surface area contributed by atoms with Crippen LogP contribution in [0.4, 0.5) is 0 Å². The molecule has 5 nitrogen and oxygen atoms in total. The first kappa shape index (κ1) is 22.7. The van der Waals surface area contributed by atoms with Crippen LogP contribution < -0.4 is 10.6 Å². The molecule has 0 amide bonds. The Morgan fingerprint density at radius 1 is 1.04 bits per heavy atom. The molecule has 1 heterocycles. The lowest BCUT2D eigenvalue weighted by molar-refractivity contribution is 0.139. The van der Waals surface area contributed by atoms with Gasteiger partial charge in [0.2, 0.25) is 0 Å². The number of hydrogen-bond acceptors (Lipinski definition) is 3. The zero-order valence-electron chi connectivity index (χ0n) is 18.7. The normalized spacial score (nSPS) is 17.7. The van der Waals surface area contributed by atoms with Gasteiger partial charge in [-0.15, -0.1) is 0 Å². The summed E-state index contributed by atoms with van der Waals surface area (Å²) in [5.74, 6) is 2.13. The van der Waals surface area contributed by atoms with Crippen molar-refractivity contribution in [1.82, 2.24) is 20.4 Å². The van der Waals surface area contributed by atoms with Crippen molar-refractivity contribution in [1.29, 1.82) is 0 Å². The van der Waals surface area contributed by atoms with Crippen molar-refractivity contribution in [2.45, 2.75) is 39.5 Å². The highest BCUT2D eigenvalue weighted by molar-refractivity contribution is 5.79. The Morgan fingerprint density at radius 3 is 2.32 bits per heavy atom. The Kier molecular flexibility index (Phi) is 9.79. The molecular weight excluding hydrogens is 346 g/mol. The molecule has 0 spiro atoms. The van der Waals surface area contributed by atoms with Gasteiger partial charge in [-0.2, -0.15) is 0 Å². The van der Waals surface area contributed by atoms with E-state index in [4.69, 9.17) is 0 Å². The fourth-order valence-corrected chi connectivity index (χ4v) is 3.60. The number of aryl methyl sites for hydroxylation is 1. The van der Waals surface area contributed by atoms with E-state index >= 15 is 0 Å². The van der Waals surface area contributed by atoms with Crippen molar-refractivity contribution in [3.63, 3.8) is 0 Å². The average molecular weight is 388 g/mol. The van der Waals surface area contributed by atoms with Gasteiger partial charge in [-0.05, 0) is 42.9 Å². The molecule has 1 aliphatic rings. The van der Waals surface area contributed by atoms with Crippen molar-refractivity contribution in [2.75, 3.05) is 59.9 Å². The number of likely N-dealkylation sites (N-methyl/N-ethyl adjacent to an activating group) is 1. The fraction of sp³-hybridized carbons (Fsp3) is 0.696. The number of hydrogen-bond donors (Lipinski definition) is 2. The summed E-state index contributed by atoms with van der Waals surface area (Å²) in [4.78, 5) is 9.35. The van der Waals surface area contributed by atoms with E-state index in [-0.39, 0.29) is 0 Å². The highest BCUT2D eigenvalue weighted by atomic mass is 15.2. The van der Waals surface area contributed by atoms with Crippen LogP contribution >= 0.6 is 0 Å². The lowest BCUT2D eigenvalue weighted by Crippen LogP contribution is -2.47. The van der Waals surface area contributed by atoms with Crippen molar-refractivity contribution in [3.05, 3.63) is 35.4 Å². The van der Waals surface area contributed by atoms with Crippen LogP contribution in [0, 0.1) is 5.92 Å². The van der Waals surface area contributed by atoms with Gasteiger partial charge in [0.05, 0.1) is 0 Å². The zero-order valence-corrected chi connectivity index (χ0v) is 18.7. The number of benzene rings is 1. The van der Waals surface area contributed by atoms with Crippen molar-refractivity contribution >= 4 is 5.96 Å². The van der Waals surface area contributed by atoms with E-state index in [0.717, 1.165) is 38.4 Å². The first-order chi connectivity index (χ1) is 13.5. The second kappa shape index (κ2) is 12.1. The summed E-state index contributed by atoms with van der Waals surface area (Å²) in [6.45, 7) is 14.6. The molecule has 1 unspecified atom stereocenters. The van der Waals surface area contributed by atoms with Gasteiger partial charge in [-0.1, -0.05) is 45.0 Å². The van der Waals surface area contributed by atoms with Gasteiger partial charge in [-0.3, -0.25) is 4.99 Å². The first-order valence-electron chi connectivity index (χ1n) is 10.9. The van der Waals surface area contributed by atoms with E-state index in [9.17, 15) is 0 Å². The minimum absolute atomic E-state index is 0.601. The molecule has 28 heavy (non-hydrogen) atoms. The van der Waals surface area contributed by atoms with E-state index in [1.54, 1.807) is 0 Å². The molecule has 0 bridgehead atoms. The topological polar surface area (TPSA) is 42.9 Å². The molecule has 5 heteroatoms. The molecule has 1 saturated heterocycles. The number of nitrogens with one attached hydrogen (secondary N) is 2. The standard InChI is InChI=1S/C23H41N5/c1-19(2)22-10-8-21(9-11-22)7-6-12-25-23(24-4)26-17-20(3)18-28-15-13-27(5)14-16-28/h8-11,19-20H,6-7,12-18H2,1-5H3,(H2,24,25,26). The van der Waals surface area contributed by atoms with Gasteiger partial charge in [-0.25, -0.2) is 0 Å². The minimum Gasteiger partial charge on any atom is -0.356 e. The summed E-state index contributed by atoms with van der Waals surface area (Å²) in [5.41, 5.74) is 2.83. The van der Waals surface area contributed by atoms with Crippen LogP contribution in [-0.2, 0) is 6.42 Å². The maximum absolute atomic E-state index is 4.37. The number of rotatable bonds is 9. The second-order valence-corrected chi connectivity index (χ2v) is 8.59. The first-order valence-corrected chi connectivity index (χ1v) is 10.9. The summed E-state index contributed by atoms with van der Waals surface area (Å²) in [6.07, 6.45) is 2.21. The number of aliphatic imine (C=N–C) groups is 1. The summed E-state index contributed by atoms with van der Waals surface area (Å²) < 4.78 is 0. The molecular formula is C23H41N5. The van der Waals surface area contributed by atoms with Crippen LogP contribution in [0.15, 0.2) is 29.3 Å². The maximum Gasteiger partial charge on any atom is 0.190 e. The molecule has 0 saturated carbocycles. The van der Waals surface area contributed by atoms with Gasteiger partial charge >= 0.3 is 0 Å². The third-order valence-corrected chi connectivity index (χ3v) is 5.59. The van der Waals surface area contributed by atoms with Gasteiger partial charge in [0, 0.05) is 52.9 Å². The van der Waals surface area contributed by atoms with E-state index < -0.39 is 0 Å². The van der Waals surface area contributed by atoms with Crippen molar-refractivity contribution in [2.24, 2.45) is 10.9 Å². The Morgan fingerprint density at radius 2 is 1.71 bits per heavy atom. The molecule has 158 valence electrons. The van der Waals surface area contributed by atoms with Crippen LogP contribution in [0.25, 0.3) is 0 Å². The second-order valence-electron chi connectivity index (χ2n) is 8.59. The Bertz CT molecular complexity index is 573. The molecule has 1 aromatic rings. The van der Waals surface area contributed by atoms with Gasteiger partial charge in [0.1, 0.15) is 0 Å². The molecule has 1 aromatic carbocycles. The molecule has 1 aliphatic heterocycles. The predicted octanol–water partition coefficient (Wildman–Crippen LogP) is 2.79. The quantitative estimate of drug-likeness (QED) is 0.388. The van der Waals surface area contributed by atoms with Crippen LogP contribution in [0.3, 0.4) is 0 Å². The highest BCUT2D eigenvalue weighted by Gasteiger charge is 2.16. The largest absolute Gasteiger partial charge is 0.356 e. The molecule has 2 rings (SSSR count). The summed E-state index contributed by atoms with van der Waals surface area (Å²) in [5, 5.41) is 6.94. The smallest absolute Gasteiger partial charge is 0.190 e. The average Bonchev–Trinajstić information content (AvgIpc) is 2.69. The highest BCUT2D eigenvalue weighted by Crippen LogP contribution is 2.15. The molecule has 1 atom stereocenters. The van der Waals surface area contributed by atoms with E-state index in [1.807, 2.05) is 7.05 Å². The zero-order chi connectivity index (χ0) is 20.4. The third kappa shape index (κ3) is 8.19. The van der Waals surface area contributed by atoms with E-state index in [0.29, 0.717) is 11.8 Å². The van der Waals surface area contributed by atoms with Gasteiger partial charge in [0.25, 0.3) is 0 Å². The molecule has 2 N–H and O–H groups in total. The minimum atomic E-state index is 0.601. The van der Waals surface area contributed by atoms with Gasteiger partial charge < -0.3 is 20.4 Å². The predicted molar refractivity (Wildman–Crippen MR) is 121 cm³/mol.